The molecule has 0 unspecified atom stereocenters. The van der Waals surface area contributed by atoms with Crippen LogP contribution in [0.3, 0.4) is 0 Å². The average Bonchev–Trinajstić information content (AvgIpc) is 3.48. The molecule has 0 radical (unpaired) electrons. The van der Waals surface area contributed by atoms with Crippen molar-refractivity contribution >= 4 is 29.0 Å². The Bertz CT molecular complexity index is 1100. The van der Waals surface area contributed by atoms with Crippen molar-refractivity contribution in [3.8, 4) is 10.6 Å². The number of rotatable bonds is 6. The molecule has 1 aliphatic heterocycles. The number of likely N-dealkylation sites (tertiary alicyclic amines) is 1. The lowest BCUT2D eigenvalue weighted by Gasteiger charge is -2.19. The van der Waals surface area contributed by atoms with Crippen LogP contribution in [0.25, 0.3) is 10.6 Å². The lowest BCUT2D eigenvalue weighted by Crippen LogP contribution is -2.33. The monoisotopic (exact) mass is 448 g/mol. The molecule has 2 heterocycles. The van der Waals surface area contributed by atoms with E-state index in [2.05, 4.69) is 46.8 Å². The number of carbonyl (C=O) groups excluding carboxylic acids is 2. The highest BCUT2D eigenvalue weighted by Gasteiger charge is 2.23. The smallest absolute Gasteiger partial charge is 0.319 e. The van der Waals surface area contributed by atoms with E-state index in [0.717, 1.165) is 47.8 Å². The molecule has 0 saturated carbocycles. The van der Waals surface area contributed by atoms with Crippen molar-refractivity contribution in [2.24, 2.45) is 0 Å². The molecule has 166 valence electrons. The van der Waals surface area contributed by atoms with Gasteiger partial charge in [-0.2, -0.15) is 0 Å². The molecular weight excluding hydrogens is 420 g/mol. The van der Waals surface area contributed by atoms with Crippen molar-refractivity contribution in [1.29, 1.82) is 0 Å². The maximum Gasteiger partial charge on any atom is 0.319 e. The lowest BCUT2D eigenvalue weighted by atomic mass is 10.1. The van der Waals surface area contributed by atoms with E-state index in [0.29, 0.717) is 24.2 Å². The molecule has 3 aromatic rings. The molecule has 2 N–H and O–H groups in total. The second kappa shape index (κ2) is 9.96. The Morgan fingerprint density at radius 3 is 2.56 bits per heavy atom. The Labute approximate surface area is 192 Å². The minimum absolute atomic E-state index is 0.0207. The van der Waals surface area contributed by atoms with Crippen molar-refractivity contribution in [3.63, 3.8) is 0 Å². The molecular formula is C25H28N4O2S. The third-order valence-corrected chi connectivity index (χ3v) is 6.59. The molecule has 3 amide bonds. The van der Waals surface area contributed by atoms with Crippen molar-refractivity contribution in [2.75, 3.05) is 25.0 Å². The van der Waals surface area contributed by atoms with E-state index in [1.165, 1.54) is 5.56 Å². The number of thiazole rings is 1. The fourth-order valence-electron chi connectivity index (χ4n) is 3.81. The first-order chi connectivity index (χ1) is 15.5. The van der Waals surface area contributed by atoms with Gasteiger partial charge in [0.05, 0.1) is 16.9 Å². The van der Waals surface area contributed by atoms with Crippen LogP contribution in [0, 0.1) is 13.8 Å². The Morgan fingerprint density at radius 1 is 1.06 bits per heavy atom. The first kappa shape index (κ1) is 22.0. The normalized spacial score (nSPS) is 13.2. The minimum atomic E-state index is -0.316. The molecule has 1 aromatic heterocycles. The quantitative estimate of drug-likeness (QED) is 0.556. The van der Waals surface area contributed by atoms with Crippen LogP contribution >= 0.6 is 11.3 Å². The van der Waals surface area contributed by atoms with Crippen molar-refractivity contribution in [3.05, 3.63) is 70.2 Å². The predicted molar refractivity (Wildman–Crippen MR) is 129 cm³/mol. The van der Waals surface area contributed by atoms with E-state index in [1.807, 2.05) is 29.3 Å². The van der Waals surface area contributed by atoms with Gasteiger partial charge in [0.15, 0.2) is 0 Å². The van der Waals surface area contributed by atoms with E-state index in [4.69, 9.17) is 0 Å². The molecule has 2 aromatic carbocycles. The molecule has 1 aliphatic rings. The number of aryl methyl sites for hydroxylation is 2. The molecule has 32 heavy (non-hydrogen) atoms. The summed E-state index contributed by atoms with van der Waals surface area (Å²) < 4.78 is 0. The van der Waals surface area contributed by atoms with Gasteiger partial charge in [-0.15, -0.1) is 11.3 Å². The van der Waals surface area contributed by atoms with Gasteiger partial charge < -0.3 is 15.5 Å². The average molecular weight is 449 g/mol. The number of nitrogens with one attached hydrogen (secondary N) is 2. The molecule has 1 fully saturated rings. The number of carbonyl (C=O) groups is 2. The fourth-order valence-corrected chi connectivity index (χ4v) is 4.68. The summed E-state index contributed by atoms with van der Waals surface area (Å²) in [6.07, 6.45) is 2.70. The number of anilines is 1. The summed E-state index contributed by atoms with van der Waals surface area (Å²) in [6, 6.07) is 13.5. The molecule has 0 spiro atoms. The maximum atomic E-state index is 12.9. The Kier molecular flexibility index (Phi) is 6.85. The van der Waals surface area contributed by atoms with Crippen LogP contribution in [-0.2, 0) is 6.42 Å². The van der Waals surface area contributed by atoms with Crippen LogP contribution < -0.4 is 10.6 Å². The minimum Gasteiger partial charge on any atom is -0.339 e. The zero-order chi connectivity index (χ0) is 22.5. The van der Waals surface area contributed by atoms with E-state index < -0.39 is 0 Å². The number of hydrogen-bond donors (Lipinski definition) is 2. The second-order valence-electron chi connectivity index (χ2n) is 8.14. The Balaban J connectivity index is 1.34. The Hall–Kier alpha value is -3.19. The van der Waals surface area contributed by atoms with Crippen molar-refractivity contribution in [1.82, 2.24) is 15.2 Å². The summed E-state index contributed by atoms with van der Waals surface area (Å²) in [7, 11) is 0. The van der Waals surface area contributed by atoms with Gasteiger partial charge in [0.25, 0.3) is 5.91 Å². The first-order valence-electron chi connectivity index (χ1n) is 11.0. The number of nitrogens with zero attached hydrogens (tertiary/aromatic N) is 2. The number of benzene rings is 2. The van der Waals surface area contributed by atoms with Gasteiger partial charge in [0, 0.05) is 37.0 Å². The van der Waals surface area contributed by atoms with E-state index in [1.54, 1.807) is 17.4 Å². The standard InChI is InChI=1S/C25H28N4O2S/c1-17-8-10-19(11-9-17)23-27-20(16-32-23)12-13-26-25(31)28-22-18(2)6-5-7-21(22)24(30)29-14-3-4-15-29/h5-11,16H,3-4,12-15H2,1-2H3,(H2,26,28,31). The highest BCUT2D eigenvalue weighted by atomic mass is 32.1. The van der Waals surface area contributed by atoms with Crippen LogP contribution in [0.1, 0.15) is 40.0 Å². The number of aromatic nitrogens is 1. The Morgan fingerprint density at radius 2 is 1.81 bits per heavy atom. The van der Waals surface area contributed by atoms with Gasteiger partial charge in [0.2, 0.25) is 0 Å². The summed E-state index contributed by atoms with van der Waals surface area (Å²) in [4.78, 5) is 32.0. The maximum absolute atomic E-state index is 12.9. The van der Waals surface area contributed by atoms with Gasteiger partial charge in [-0.3, -0.25) is 4.79 Å². The zero-order valence-corrected chi connectivity index (χ0v) is 19.3. The molecule has 7 heteroatoms. The van der Waals surface area contributed by atoms with Crippen LogP contribution in [0.2, 0.25) is 0 Å². The number of para-hydroxylation sites is 1. The summed E-state index contributed by atoms with van der Waals surface area (Å²) in [5.74, 6) is -0.0207. The zero-order valence-electron chi connectivity index (χ0n) is 18.5. The summed E-state index contributed by atoms with van der Waals surface area (Å²) >= 11 is 1.61. The molecule has 4 rings (SSSR count). The van der Waals surface area contributed by atoms with E-state index in [-0.39, 0.29) is 11.9 Å². The van der Waals surface area contributed by atoms with Gasteiger partial charge in [-0.05, 0) is 38.3 Å². The third-order valence-electron chi connectivity index (χ3n) is 5.65. The number of amides is 3. The molecule has 0 aliphatic carbocycles. The largest absolute Gasteiger partial charge is 0.339 e. The van der Waals surface area contributed by atoms with Crippen molar-refractivity contribution in [2.45, 2.75) is 33.1 Å². The topological polar surface area (TPSA) is 74.3 Å². The molecule has 0 bridgehead atoms. The second-order valence-corrected chi connectivity index (χ2v) is 9.00. The first-order valence-corrected chi connectivity index (χ1v) is 11.8. The van der Waals surface area contributed by atoms with Crippen LogP contribution in [0.15, 0.2) is 47.8 Å². The summed E-state index contributed by atoms with van der Waals surface area (Å²) in [6.45, 7) is 5.98. The van der Waals surface area contributed by atoms with Crippen LogP contribution in [-0.4, -0.2) is 41.5 Å². The van der Waals surface area contributed by atoms with Crippen LogP contribution in [0.5, 0.6) is 0 Å². The van der Waals surface area contributed by atoms with Crippen molar-refractivity contribution < 1.29 is 9.59 Å². The van der Waals surface area contributed by atoms with Gasteiger partial charge >= 0.3 is 6.03 Å². The highest BCUT2D eigenvalue weighted by molar-refractivity contribution is 7.13. The van der Waals surface area contributed by atoms with E-state index in [9.17, 15) is 9.59 Å². The van der Waals surface area contributed by atoms with E-state index >= 15 is 0 Å². The fraction of sp³-hybridized carbons (Fsp3) is 0.320. The summed E-state index contributed by atoms with van der Waals surface area (Å²) in [5.41, 5.74) is 5.27. The lowest BCUT2D eigenvalue weighted by molar-refractivity contribution is 0.0793. The molecule has 6 nitrogen and oxygen atoms in total. The van der Waals surface area contributed by atoms with Crippen LogP contribution in [0.4, 0.5) is 10.5 Å². The number of hydrogen-bond acceptors (Lipinski definition) is 4. The molecule has 1 saturated heterocycles. The van der Waals surface area contributed by atoms with Gasteiger partial charge in [-0.25, -0.2) is 9.78 Å². The predicted octanol–water partition coefficient (Wildman–Crippen LogP) is 5.03. The summed E-state index contributed by atoms with van der Waals surface area (Å²) in [5, 5.41) is 8.79. The highest BCUT2D eigenvalue weighted by Crippen LogP contribution is 2.25. The van der Waals surface area contributed by atoms with Gasteiger partial charge in [-0.1, -0.05) is 42.0 Å². The number of urea groups is 1. The molecule has 0 atom stereocenters. The van der Waals surface area contributed by atoms with Gasteiger partial charge in [0.1, 0.15) is 5.01 Å². The SMILES string of the molecule is Cc1ccc(-c2nc(CCNC(=O)Nc3c(C)cccc3C(=O)N3CCCC3)cs2)cc1. The third kappa shape index (κ3) is 5.16.